The normalized spacial score (nSPS) is 12.2. The molecule has 0 saturated carbocycles. The highest BCUT2D eigenvalue weighted by atomic mass is 16.1. The summed E-state index contributed by atoms with van der Waals surface area (Å²) >= 11 is 0. The fraction of sp³-hybridized carbons (Fsp3) is 0.278. The zero-order valence-corrected chi connectivity index (χ0v) is 12.0. The van der Waals surface area contributed by atoms with Crippen LogP contribution in [-0.2, 0) is 4.79 Å². The van der Waals surface area contributed by atoms with Gasteiger partial charge in [0.2, 0.25) is 5.91 Å². The molecule has 2 rings (SSSR count). The Labute approximate surface area is 120 Å². The molecular weight excluding hydrogens is 246 g/mol. The van der Waals surface area contributed by atoms with Crippen LogP contribution in [0.1, 0.15) is 37.3 Å². The predicted molar refractivity (Wildman–Crippen MR) is 82.6 cm³/mol. The van der Waals surface area contributed by atoms with E-state index in [1.807, 2.05) is 43.3 Å². The van der Waals surface area contributed by atoms with Gasteiger partial charge in [0.25, 0.3) is 0 Å². The van der Waals surface area contributed by atoms with E-state index in [1.54, 1.807) is 0 Å². The van der Waals surface area contributed by atoms with Crippen LogP contribution < -0.4 is 5.32 Å². The van der Waals surface area contributed by atoms with Gasteiger partial charge in [0.1, 0.15) is 0 Å². The molecule has 0 fully saturated rings. The second-order valence-corrected chi connectivity index (χ2v) is 5.01. The van der Waals surface area contributed by atoms with Crippen molar-refractivity contribution in [3.05, 3.63) is 71.8 Å². The Kier molecular flexibility index (Phi) is 4.94. The van der Waals surface area contributed by atoms with Crippen molar-refractivity contribution < 1.29 is 4.79 Å². The molecule has 104 valence electrons. The van der Waals surface area contributed by atoms with E-state index < -0.39 is 0 Å². The summed E-state index contributed by atoms with van der Waals surface area (Å²) in [5.41, 5.74) is 2.45. The van der Waals surface area contributed by atoms with Gasteiger partial charge in [-0.15, -0.1) is 0 Å². The lowest BCUT2D eigenvalue weighted by molar-refractivity contribution is -0.121. The van der Waals surface area contributed by atoms with Gasteiger partial charge in [-0.3, -0.25) is 4.79 Å². The van der Waals surface area contributed by atoms with Gasteiger partial charge in [0.15, 0.2) is 0 Å². The van der Waals surface area contributed by atoms with Gasteiger partial charge in [-0.25, -0.2) is 0 Å². The summed E-state index contributed by atoms with van der Waals surface area (Å²) in [4.78, 5) is 11.7. The molecule has 0 aliphatic heterocycles. The van der Waals surface area contributed by atoms with Crippen molar-refractivity contribution in [1.82, 2.24) is 5.32 Å². The van der Waals surface area contributed by atoms with E-state index in [4.69, 9.17) is 0 Å². The number of amides is 1. The molecule has 1 amide bonds. The third-order valence-electron chi connectivity index (χ3n) is 3.53. The molecule has 20 heavy (non-hydrogen) atoms. The number of carbonyl (C=O) groups is 1. The second kappa shape index (κ2) is 6.90. The van der Waals surface area contributed by atoms with Crippen LogP contribution in [0.2, 0.25) is 0 Å². The molecule has 0 aliphatic rings. The lowest BCUT2D eigenvalue weighted by Gasteiger charge is -2.26. The minimum Gasteiger partial charge on any atom is -0.353 e. The highest BCUT2D eigenvalue weighted by Crippen LogP contribution is 2.27. The lowest BCUT2D eigenvalue weighted by Crippen LogP contribution is -2.37. The Morgan fingerprint density at radius 3 is 1.80 bits per heavy atom. The lowest BCUT2D eigenvalue weighted by atomic mass is 9.86. The molecule has 0 heterocycles. The molecule has 0 spiro atoms. The number of hydrogen-bond donors (Lipinski definition) is 1. The number of carbonyl (C=O) groups excluding carboxylic acids is 1. The van der Waals surface area contributed by atoms with Gasteiger partial charge in [0.05, 0.1) is 0 Å². The molecule has 0 bridgehead atoms. The molecule has 0 aliphatic carbocycles. The average Bonchev–Trinajstić information content (AvgIpc) is 2.49. The van der Waals surface area contributed by atoms with Crippen molar-refractivity contribution in [3.63, 3.8) is 0 Å². The van der Waals surface area contributed by atoms with Gasteiger partial charge < -0.3 is 5.32 Å². The molecule has 0 radical (unpaired) electrons. The van der Waals surface area contributed by atoms with Gasteiger partial charge in [-0.05, 0) is 18.1 Å². The number of rotatable bonds is 5. The van der Waals surface area contributed by atoms with E-state index in [1.165, 1.54) is 11.1 Å². The van der Waals surface area contributed by atoms with Crippen molar-refractivity contribution in [3.8, 4) is 0 Å². The maximum Gasteiger partial charge on any atom is 0.219 e. The monoisotopic (exact) mass is 267 g/mol. The minimum absolute atomic E-state index is 0.0623. The zero-order chi connectivity index (χ0) is 14.4. The van der Waals surface area contributed by atoms with Crippen LogP contribution in [0.3, 0.4) is 0 Å². The van der Waals surface area contributed by atoms with E-state index in [0.717, 1.165) is 0 Å². The largest absolute Gasteiger partial charge is 0.353 e. The Morgan fingerprint density at radius 1 is 0.950 bits per heavy atom. The third-order valence-corrected chi connectivity index (χ3v) is 3.53. The van der Waals surface area contributed by atoms with Crippen LogP contribution in [0.15, 0.2) is 60.7 Å². The molecule has 0 aromatic heterocycles. The maximum atomic E-state index is 11.7. The topological polar surface area (TPSA) is 29.1 Å². The van der Waals surface area contributed by atoms with Gasteiger partial charge in [-0.2, -0.15) is 0 Å². The molecule has 0 saturated heterocycles. The van der Waals surface area contributed by atoms with Crippen LogP contribution in [0.4, 0.5) is 0 Å². The predicted octanol–water partition coefficient (Wildman–Crippen LogP) is 3.73. The third kappa shape index (κ3) is 3.47. The van der Waals surface area contributed by atoms with E-state index in [-0.39, 0.29) is 17.9 Å². The minimum atomic E-state index is 0.0623. The summed E-state index contributed by atoms with van der Waals surface area (Å²) < 4.78 is 0. The Bertz CT molecular complexity index is 496. The summed E-state index contributed by atoms with van der Waals surface area (Å²) in [5, 5.41) is 3.09. The Hall–Kier alpha value is -2.09. The quantitative estimate of drug-likeness (QED) is 0.878. The second-order valence-electron chi connectivity index (χ2n) is 5.01. The average molecular weight is 267 g/mol. The Morgan fingerprint density at radius 2 is 1.40 bits per heavy atom. The first-order valence-electron chi connectivity index (χ1n) is 7.11. The molecule has 1 atom stereocenters. The summed E-state index contributed by atoms with van der Waals surface area (Å²) in [6, 6.07) is 20.7. The fourth-order valence-corrected chi connectivity index (χ4v) is 2.53. The Balaban J connectivity index is 2.32. The van der Waals surface area contributed by atoms with Gasteiger partial charge in [-0.1, -0.05) is 67.6 Å². The van der Waals surface area contributed by atoms with Crippen molar-refractivity contribution >= 4 is 5.91 Å². The number of hydrogen-bond acceptors (Lipinski definition) is 1. The van der Waals surface area contributed by atoms with Crippen LogP contribution in [0.25, 0.3) is 0 Å². The summed E-state index contributed by atoms with van der Waals surface area (Å²) in [7, 11) is 0. The SMILES string of the molecule is CCC(=O)NC(C)C(c1ccccc1)c1ccccc1. The van der Waals surface area contributed by atoms with Gasteiger partial charge >= 0.3 is 0 Å². The standard InChI is InChI=1S/C18H21NO/c1-3-17(20)19-14(2)18(15-10-6-4-7-11-15)16-12-8-5-9-13-16/h4-14,18H,3H2,1-2H3,(H,19,20). The highest BCUT2D eigenvalue weighted by Gasteiger charge is 2.22. The zero-order valence-electron chi connectivity index (χ0n) is 12.0. The van der Waals surface area contributed by atoms with Crippen LogP contribution in [-0.4, -0.2) is 11.9 Å². The molecule has 2 aromatic rings. The molecule has 1 unspecified atom stereocenters. The van der Waals surface area contributed by atoms with Crippen molar-refractivity contribution in [1.29, 1.82) is 0 Å². The first-order valence-corrected chi connectivity index (χ1v) is 7.11. The van der Waals surface area contributed by atoms with Gasteiger partial charge in [0, 0.05) is 18.4 Å². The summed E-state index contributed by atoms with van der Waals surface area (Å²) in [6.45, 7) is 3.94. The van der Waals surface area contributed by atoms with Crippen molar-refractivity contribution in [2.24, 2.45) is 0 Å². The smallest absolute Gasteiger partial charge is 0.219 e. The number of nitrogens with one attached hydrogen (secondary N) is 1. The van der Waals surface area contributed by atoms with Crippen molar-refractivity contribution in [2.45, 2.75) is 32.2 Å². The van der Waals surface area contributed by atoms with Crippen LogP contribution in [0, 0.1) is 0 Å². The first-order chi connectivity index (χ1) is 9.72. The van der Waals surface area contributed by atoms with E-state index in [0.29, 0.717) is 6.42 Å². The number of benzene rings is 2. The fourth-order valence-electron chi connectivity index (χ4n) is 2.53. The summed E-state index contributed by atoms with van der Waals surface area (Å²) in [5.74, 6) is 0.266. The van der Waals surface area contributed by atoms with Crippen LogP contribution in [0.5, 0.6) is 0 Å². The first kappa shape index (κ1) is 14.3. The molecule has 2 nitrogen and oxygen atoms in total. The van der Waals surface area contributed by atoms with E-state index >= 15 is 0 Å². The van der Waals surface area contributed by atoms with E-state index in [9.17, 15) is 4.79 Å². The van der Waals surface area contributed by atoms with Crippen LogP contribution >= 0.6 is 0 Å². The van der Waals surface area contributed by atoms with E-state index in [2.05, 4.69) is 36.5 Å². The molecule has 2 heteroatoms. The summed E-state index contributed by atoms with van der Waals surface area (Å²) in [6.07, 6.45) is 0.515. The highest BCUT2D eigenvalue weighted by molar-refractivity contribution is 5.76. The molecule has 1 N–H and O–H groups in total. The maximum absolute atomic E-state index is 11.7. The molecule has 2 aromatic carbocycles. The molecular formula is C18H21NO. The van der Waals surface area contributed by atoms with Crippen molar-refractivity contribution in [2.75, 3.05) is 0 Å².